The van der Waals surface area contributed by atoms with Crippen LogP contribution in [0.2, 0.25) is 5.02 Å². The first kappa shape index (κ1) is 18.9. The summed E-state index contributed by atoms with van der Waals surface area (Å²) < 4.78 is 2.15. The topological polar surface area (TPSA) is 77.0 Å². The van der Waals surface area contributed by atoms with E-state index in [1.165, 1.54) is 0 Å². The minimum Gasteiger partial charge on any atom is -0.333 e. The molecule has 26 heavy (non-hydrogen) atoms. The number of carbonyl (C=O) groups is 1. The van der Waals surface area contributed by atoms with Crippen molar-refractivity contribution in [3.05, 3.63) is 46.5 Å². The molecule has 0 aliphatic carbocycles. The van der Waals surface area contributed by atoms with Crippen molar-refractivity contribution in [1.29, 1.82) is 0 Å². The van der Waals surface area contributed by atoms with Gasteiger partial charge in [0.15, 0.2) is 5.82 Å². The summed E-state index contributed by atoms with van der Waals surface area (Å²) >= 11 is 5.93. The quantitative estimate of drug-likeness (QED) is 0.840. The van der Waals surface area contributed by atoms with Gasteiger partial charge < -0.3 is 15.2 Å². The third-order valence-electron chi connectivity index (χ3n) is 4.76. The second-order valence-electron chi connectivity index (χ2n) is 7.31. The Bertz CT molecular complexity index is 756. The van der Waals surface area contributed by atoms with Crippen LogP contribution in [0.25, 0.3) is 0 Å². The molecule has 1 atom stereocenters. The highest BCUT2D eigenvalue weighted by Gasteiger charge is 2.29. The van der Waals surface area contributed by atoms with E-state index in [0.717, 1.165) is 30.2 Å². The summed E-state index contributed by atoms with van der Waals surface area (Å²) in [7, 11) is 0. The third-order valence-corrected chi connectivity index (χ3v) is 5.01. The average molecular weight is 376 g/mol. The van der Waals surface area contributed by atoms with Crippen LogP contribution in [-0.2, 0) is 30.7 Å². The first-order valence-corrected chi connectivity index (χ1v) is 9.50. The van der Waals surface area contributed by atoms with E-state index >= 15 is 0 Å². The van der Waals surface area contributed by atoms with Crippen molar-refractivity contribution in [3.63, 3.8) is 0 Å². The Labute approximate surface area is 159 Å². The molecule has 0 fully saturated rings. The molecule has 0 radical (unpaired) electrons. The molecule has 1 aromatic heterocycles. The SMILES string of the molecule is CC(C)Cc1nnc2n1CCN(C(=O)C(CN)Cc1ccc(Cl)cc1)C2. The predicted octanol–water partition coefficient (Wildman–Crippen LogP) is 2.29. The predicted molar refractivity (Wildman–Crippen MR) is 102 cm³/mol. The lowest BCUT2D eigenvalue weighted by molar-refractivity contribution is -0.136. The Morgan fingerprint density at radius 2 is 1.92 bits per heavy atom. The summed E-state index contributed by atoms with van der Waals surface area (Å²) in [5.41, 5.74) is 6.97. The van der Waals surface area contributed by atoms with Crippen molar-refractivity contribution in [3.8, 4) is 0 Å². The maximum absolute atomic E-state index is 13.0. The van der Waals surface area contributed by atoms with Crippen molar-refractivity contribution in [1.82, 2.24) is 19.7 Å². The molecule has 3 rings (SSSR count). The molecule has 1 aromatic carbocycles. The summed E-state index contributed by atoms with van der Waals surface area (Å²) in [6.07, 6.45) is 1.53. The maximum Gasteiger partial charge on any atom is 0.227 e. The number of carbonyl (C=O) groups excluding carboxylic acids is 1. The first-order chi connectivity index (χ1) is 12.5. The molecule has 1 amide bonds. The maximum atomic E-state index is 13.0. The zero-order valence-corrected chi connectivity index (χ0v) is 16.1. The smallest absolute Gasteiger partial charge is 0.227 e. The highest BCUT2D eigenvalue weighted by Crippen LogP contribution is 2.19. The fraction of sp³-hybridized carbons (Fsp3) is 0.526. The van der Waals surface area contributed by atoms with Crippen LogP contribution in [-0.4, -0.2) is 38.7 Å². The van der Waals surface area contributed by atoms with E-state index in [1.807, 2.05) is 29.2 Å². The van der Waals surface area contributed by atoms with Crippen molar-refractivity contribution in [2.75, 3.05) is 13.1 Å². The van der Waals surface area contributed by atoms with Crippen LogP contribution < -0.4 is 5.73 Å². The van der Waals surface area contributed by atoms with Crippen molar-refractivity contribution in [2.24, 2.45) is 17.6 Å². The number of fused-ring (bicyclic) bond motifs is 1. The van der Waals surface area contributed by atoms with E-state index in [0.29, 0.717) is 37.0 Å². The van der Waals surface area contributed by atoms with Gasteiger partial charge in [0.05, 0.1) is 12.5 Å². The molecule has 0 saturated carbocycles. The molecular weight excluding hydrogens is 350 g/mol. The van der Waals surface area contributed by atoms with Crippen LogP contribution in [0.4, 0.5) is 0 Å². The summed E-state index contributed by atoms with van der Waals surface area (Å²) in [6, 6.07) is 7.58. The summed E-state index contributed by atoms with van der Waals surface area (Å²) in [6.45, 7) is 6.58. The lowest BCUT2D eigenvalue weighted by atomic mass is 9.97. The van der Waals surface area contributed by atoms with Crippen molar-refractivity contribution in [2.45, 2.75) is 39.8 Å². The molecular formula is C19H26ClN5O. The van der Waals surface area contributed by atoms with Gasteiger partial charge in [0.25, 0.3) is 0 Å². The molecule has 1 aliphatic heterocycles. The van der Waals surface area contributed by atoms with Crippen molar-refractivity contribution < 1.29 is 4.79 Å². The van der Waals surface area contributed by atoms with Gasteiger partial charge in [-0.2, -0.15) is 0 Å². The second-order valence-corrected chi connectivity index (χ2v) is 7.74. The van der Waals surface area contributed by atoms with Crippen LogP contribution in [0.3, 0.4) is 0 Å². The van der Waals surface area contributed by atoms with E-state index < -0.39 is 0 Å². The highest BCUT2D eigenvalue weighted by atomic mass is 35.5. The van der Waals surface area contributed by atoms with Gasteiger partial charge in [0.1, 0.15) is 5.82 Å². The Morgan fingerprint density at radius 1 is 1.19 bits per heavy atom. The number of hydrogen-bond acceptors (Lipinski definition) is 4. The van der Waals surface area contributed by atoms with E-state index in [9.17, 15) is 4.79 Å². The van der Waals surface area contributed by atoms with Crippen LogP contribution in [0.1, 0.15) is 31.1 Å². The lowest BCUT2D eigenvalue weighted by Crippen LogP contribution is -2.44. The molecule has 6 nitrogen and oxygen atoms in total. The summed E-state index contributed by atoms with van der Waals surface area (Å²) in [4.78, 5) is 14.8. The molecule has 0 bridgehead atoms. The lowest BCUT2D eigenvalue weighted by Gasteiger charge is -2.31. The van der Waals surface area contributed by atoms with E-state index in [2.05, 4.69) is 28.6 Å². The molecule has 2 N–H and O–H groups in total. The van der Waals surface area contributed by atoms with Gasteiger partial charge in [-0.05, 0) is 30.0 Å². The van der Waals surface area contributed by atoms with Crippen LogP contribution >= 0.6 is 11.6 Å². The largest absolute Gasteiger partial charge is 0.333 e. The second kappa shape index (κ2) is 8.18. The fourth-order valence-corrected chi connectivity index (χ4v) is 3.48. The molecule has 7 heteroatoms. The average Bonchev–Trinajstić information content (AvgIpc) is 3.02. The fourth-order valence-electron chi connectivity index (χ4n) is 3.36. The molecule has 1 aliphatic rings. The van der Waals surface area contributed by atoms with Gasteiger partial charge in [-0.1, -0.05) is 37.6 Å². The summed E-state index contributed by atoms with van der Waals surface area (Å²) in [5, 5.41) is 9.30. The molecule has 140 valence electrons. The number of hydrogen-bond donors (Lipinski definition) is 1. The zero-order valence-electron chi connectivity index (χ0n) is 15.4. The van der Waals surface area contributed by atoms with Gasteiger partial charge in [0, 0.05) is 31.1 Å². The van der Waals surface area contributed by atoms with Gasteiger partial charge in [-0.15, -0.1) is 10.2 Å². The van der Waals surface area contributed by atoms with Gasteiger partial charge >= 0.3 is 0 Å². The van der Waals surface area contributed by atoms with Crippen LogP contribution in [0.5, 0.6) is 0 Å². The monoisotopic (exact) mass is 375 g/mol. The van der Waals surface area contributed by atoms with Gasteiger partial charge in [-0.3, -0.25) is 4.79 Å². The third kappa shape index (κ3) is 4.24. The van der Waals surface area contributed by atoms with Crippen molar-refractivity contribution >= 4 is 17.5 Å². The Kier molecular flexibility index (Phi) is 5.94. The number of halogens is 1. The first-order valence-electron chi connectivity index (χ1n) is 9.12. The Morgan fingerprint density at radius 3 is 2.58 bits per heavy atom. The van der Waals surface area contributed by atoms with Gasteiger partial charge in [0.2, 0.25) is 5.91 Å². The molecule has 1 unspecified atom stereocenters. The zero-order chi connectivity index (χ0) is 18.7. The number of nitrogens with two attached hydrogens (primary N) is 1. The standard InChI is InChI=1S/C19H26ClN5O/c1-13(2)9-17-22-23-18-12-24(7-8-25(17)18)19(26)15(11-21)10-14-3-5-16(20)6-4-14/h3-6,13,15H,7-12,21H2,1-2H3. The molecule has 0 saturated heterocycles. The molecule has 2 heterocycles. The Hall–Kier alpha value is -1.92. The summed E-state index contributed by atoms with van der Waals surface area (Å²) in [5.74, 6) is 2.26. The highest BCUT2D eigenvalue weighted by molar-refractivity contribution is 6.30. The van der Waals surface area contributed by atoms with Gasteiger partial charge in [-0.25, -0.2) is 0 Å². The number of nitrogens with zero attached hydrogens (tertiary/aromatic N) is 4. The van der Waals surface area contributed by atoms with E-state index in [4.69, 9.17) is 17.3 Å². The molecule has 0 spiro atoms. The number of benzene rings is 1. The molecule has 2 aromatic rings. The van der Waals surface area contributed by atoms with E-state index in [1.54, 1.807) is 0 Å². The minimum absolute atomic E-state index is 0.0853. The van der Waals surface area contributed by atoms with Crippen LogP contribution in [0.15, 0.2) is 24.3 Å². The minimum atomic E-state index is -0.235. The normalized spacial score (nSPS) is 15.2. The van der Waals surface area contributed by atoms with Crippen LogP contribution in [0, 0.1) is 11.8 Å². The number of aromatic nitrogens is 3. The number of amides is 1. The Balaban J connectivity index is 1.67. The van der Waals surface area contributed by atoms with E-state index in [-0.39, 0.29) is 11.8 Å². The number of rotatable bonds is 6.